The molecule has 3 nitrogen and oxygen atoms in total. The molecule has 4 aromatic rings. The molecule has 0 N–H and O–H groups in total. The lowest BCUT2D eigenvalue weighted by molar-refractivity contribution is 0.414. The van der Waals surface area contributed by atoms with Gasteiger partial charge in [-0.2, -0.15) is 0 Å². The third-order valence-corrected chi connectivity index (χ3v) is 5.13. The average Bonchev–Trinajstić information content (AvgIpc) is 3.19. The Kier molecular flexibility index (Phi) is 5.39. The molecular weight excluding hydrogens is 360 g/mol. The van der Waals surface area contributed by atoms with Crippen molar-refractivity contribution in [2.75, 3.05) is 14.2 Å². The van der Waals surface area contributed by atoms with Crippen LogP contribution in [0.1, 0.15) is 12.5 Å². The van der Waals surface area contributed by atoms with Gasteiger partial charge < -0.3 is 13.9 Å². The molecule has 0 unspecified atom stereocenters. The number of furan rings is 1. The fourth-order valence-corrected chi connectivity index (χ4v) is 3.63. The van der Waals surface area contributed by atoms with Crippen molar-refractivity contribution in [2.24, 2.45) is 0 Å². The average molecular weight is 384 g/mol. The highest BCUT2D eigenvalue weighted by Gasteiger charge is 2.22. The Labute approximate surface area is 171 Å². The lowest BCUT2D eigenvalue weighted by atomic mass is 9.94. The first-order valence-corrected chi connectivity index (χ1v) is 9.75. The molecule has 1 heterocycles. The van der Waals surface area contributed by atoms with E-state index in [0.29, 0.717) is 0 Å². The van der Waals surface area contributed by atoms with Crippen molar-refractivity contribution in [1.82, 2.24) is 0 Å². The number of hydrogen-bond donors (Lipinski definition) is 0. The minimum absolute atomic E-state index is 0.824. The second-order valence-corrected chi connectivity index (χ2v) is 6.79. The van der Waals surface area contributed by atoms with Crippen LogP contribution in [0.25, 0.3) is 33.8 Å². The predicted molar refractivity (Wildman–Crippen MR) is 117 cm³/mol. The van der Waals surface area contributed by atoms with Gasteiger partial charge in [0.25, 0.3) is 0 Å². The van der Waals surface area contributed by atoms with Crippen molar-refractivity contribution in [2.45, 2.75) is 13.3 Å². The van der Waals surface area contributed by atoms with E-state index in [9.17, 15) is 0 Å². The molecule has 0 aliphatic carbocycles. The highest BCUT2D eigenvalue weighted by molar-refractivity contribution is 5.87. The van der Waals surface area contributed by atoms with Crippen LogP contribution in [0.3, 0.4) is 0 Å². The van der Waals surface area contributed by atoms with Crippen LogP contribution in [0.4, 0.5) is 0 Å². The van der Waals surface area contributed by atoms with E-state index in [2.05, 4.69) is 31.2 Å². The fraction of sp³-hybridized carbons (Fsp3) is 0.154. The van der Waals surface area contributed by atoms with Gasteiger partial charge in [0.15, 0.2) is 0 Å². The summed E-state index contributed by atoms with van der Waals surface area (Å²) in [5.41, 5.74) is 5.54. The molecule has 0 radical (unpaired) electrons. The number of hydrogen-bond acceptors (Lipinski definition) is 3. The van der Waals surface area contributed by atoms with E-state index in [4.69, 9.17) is 13.9 Å². The molecule has 0 saturated heterocycles. The first kappa shape index (κ1) is 18.9. The highest BCUT2D eigenvalue weighted by atomic mass is 16.5. The van der Waals surface area contributed by atoms with E-state index in [1.54, 1.807) is 14.2 Å². The van der Waals surface area contributed by atoms with Gasteiger partial charge in [-0.05, 0) is 48.4 Å². The monoisotopic (exact) mass is 384 g/mol. The fourth-order valence-electron chi connectivity index (χ4n) is 3.63. The minimum atomic E-state index is 0.824. The number of ether oxygens (including phenoxy) is 2. The Morgan fingerprint density at radius 1 is 0.621 bits per heavy atom. The van der Waals surface area contributed by atoms with E-state index in [1.807, 2.05) is 54.6 Å². The van der Waals surface area contributed by atoms with Gasteiger partial charge in [-0.1, -0.05) is 49.4 Å². The van der Waals surface area contributed by atoms with Crippen molar-refractivity contribution in [3.05, 3.63) is 84.4 Å². The second-order valence-electron chi connectivity index (χ2n) is 6.79. The largest absolute Gasteiger partial charge is 0.497 e. The van der Waals surface area contributed by atoms with E-state index in [-0.39, 0.29) is 0 Å². The number of benzene rings is 3. The van der Waals surface area contributed by atoms with Gasteiger partial charge in [0.2, 0.25) is 0 Å². The van der Waals surface area contributed by atoms with Crippen LogP contribution in [0, 0.1) is 0 Å². The predicted octanol–water partition coefficient (Wildman–Crippen LogP) is 6.86. The van der Waals surface area contributed by atoms with Crippen molar-refractivity contribution in [3.63, 3.8) is 0 Å². The molecule has 0 amide bonds. The number of rotatable bonds is 6. The SMILES string of the molecule is CCc1c(-c2ccccc2)oc(-c2ccc(OC)cc2)c1-c1ccc(OC)cc1. The zero-order chi connectivity index (χ0) is 20.2. The zero-order valence-corrected chi connectivity index (χ0v) is 16.9. The Morgan fingerprint density at radius 2 is 1.14 bits per heavy atom. The minimum Gasteiger partial charge on any atom is -0.497 e. The highest BCUT2D eigenvalue weighted by Crippen LogP contribution is 2.44. The molecule has 3 heteroatoms. The maximum absolute atomic E-state index is 6.52. The van der Waals surface area contributed by atoms with Crippen LogP contribution in [-0.2, 0) is 6.42 Å². The molecule has 0 saturated carbocycles. The smallest absolute Gasteiger partial charge is 0.142 e. The van der Waals surface area contributed by atoms with Crippen LogP contribution >= 0.6 is 0 Å². The Morgan fingerprint density at radius 3 is 1.66 bits per heavy atom. The standard InChI is InChI=1S/C26H24O3/c1-4-23-24(18-10-14-21(27-2)15-11-18)26(20-12-16-22(28-3)17-13-20)29-25(23)19-8-6-5-7-9-19/h5-17H,4H2,1-3H3. The third kappa shape index (κ3) is 3.64. The van der Waals surface area contributed by atoms with Crippen molar-refractivity contribution in [1.29, 1.82) is 0 Å². The van der Waals surface area contributed by atoms with E-state index >= 15 is 0 Å². The molecule has 0 bridgehead atoms. The molecule has 146 valence electrons. The Balaban J connectivity index is 1.95. The maximum Gasteiger partial charge on any atom is 0.142 e. The number of methoxy groups -OCH3 is 2. The van der Waals surface area contributed by atoms with Crippen LogP contribution in [0.15, 0.2) is 83.3 Å². The molecule has 0 aliphatic heterocycles. The van der Waals surface area contributed by atoms with E-state index in [0.717, 1.165) is 51.7 Å². The van der Waals surface area contributed by atoms with Gasteiger partial charge in [0, 0.05) is 22.3 Å². The molecule has 0 aliphatic rings. The molecule has 3 aromatic carbocycles. The van der Waals surface area contributed by atoms with Crippen molar-refractivity contribution in [3.8, 4) is 45.3 Å². The summed E-state index contributed by atoms with van der Waals surface area (Å²) in [4.78, 5) is 0. The summed E-state index contributed by atoms with van der Waals surface area (Å²) < 4.78 is 17.2. The zero-order valence-electron chi connectivity index (χ0n) is 16.9. The van der Waals surface area contributed by atoms with Crippen LogP contribution in [0.5, 0.6) is 11.5 Å². The van der Waals surface area contributed by atoms with Crippen LogP contribution in [0.2, 0.25) is 0 Å². The normalized spacial score (nSPS) is 10.7. The topological polar surface area (TPSA) is 31.6 Å². The molecule has 0 atom stereocenters. The summed E-state index contributed by atoms with van der Waals surface area (Å²) in [6.07, 6.45) is 0.866. The Hall–Kier alpha value is -3.46. The molecule has 29 heavy (non-hydrogen) atoms. The van der Waals surface area contributed by atoms with Crippen LogP contribution in [-0.4, -0.2) is 14.2 Å². The van der Waals surface area contributed by atoms with Crippen molar-refractivity contribution < 1.29 is 13.9 Å². The van der Waals surface area contributed by atoms with Gasteiger partial charge in [0.1, 0.15) is 23.0 Å². The van der Waals surface area contributed by atoms with Gasteiger partial charge >= 0.3 is 0 Å². The second kappa shape index (κ2) is 8.27. The summed E-state index contributed by atoms with van der Waals surface area (Å²) in [6.45, 7) is 2.17. The summed E-state index contributed by atoms with van der Waals surface area (Å²) in [6, 6.07) is 26.4. The maximum atomic E-state index is 6.52. The lowest BCUT2D eigenvalue weighted by Gasteiger charge is -2.08. The van der Waals surface area contributed by atoms with E-state index < -0.39 is 0 Å². The van der Waals surface area contributed by atoms with Gasteiger partial charge in [-0.25, -0.2) is 0 Å². The van der Waals surface area contributed by atoms with Gasteiger partial charge in [-0.15, -0.1) is 0 Å². The van der Waals surface area contributed by atoms with Crippen molar-refractivity contribution >= 4 is 0 Å². The Bertz CT molecular complexity index is 1080. The summed E-state index contributed by atoms with van der Waals surface area (Å²) in [5.74, 6) is 3.45. The first-order valence-electron chi connectivity index (χ1n) is 9.75. The summed E-state index contributed by atoms with van der Waals surface area (Å²) in [7, 11) is 3.36. The third-order valence-electron chi connectivity index (χ3n) is 5.13. The first-order chi connectivity index (χ1) is 14.2. The molecule has 1 aromatic heterocycles. The molecular formula is C26H24O3. The van der Waals surface area contributed by atoms with Crippen LogP contribution < -0.4 is 9.47 Å². The lowest BCUT2D eigenvalue weighted by Crippen LogP contribution is -1.89. The summed E-state index contributed by atoms with van der Waals surface area (Å²) in [5, 5.41) is 0. The molecule has 4 rings (SSSR count). The van der Waals surface area contributed by atoms with Gasteiger partial charge in [-0.3, -0.25) is 0 Å². The molecule has 0 spiro atoms. The van der Waals surface area contributed by atoms with E-state index in [1.165, 1.54) is 5.56 Å². The summed E-state index contributed by atoms with van der Waals surface area (Å²) >= 11 is 0. The van der Waals surface area contributed by atoms with Gasteiger partial charge in [0.05, 0.1) is 14.2 Å². The molecule has 0 fully saturated rings. The quantitative estimate of drug-likeness (QED) is 0.364.